The molecule has 0 fully saturated rings. The van der Waals surface area contributed by atoms with Crippen LogP contribution in [0.1, 0.15) is 6.92 Å². The lowest BCUT2D eigenvalue weighted by Crippen LogP contribution is -2.09. The lowest BCUT2D eigenvalue weighted by atomic mass is 10.2. The van der Waals surface area contributed by atoms with E-state index in [9.17, 15) is 0 Å². The summed E-state index contributed by atoms with van der Waals surface area (Å²) in [6, 6.07) is 0. The number of imidazole rings is 1. The van der Waals surface area contributed by atoms with Crippen LogP contribution in [0.2, 0.25) is 0 Å². The number of aromatic nitrogens is 3. The van der Waals surface area contributed by atoms with E-state index in [0.29, 0.717) is 6.54 Å². The molecule has 2 heterocycles. The predicted molar refractivity (Wildman–Crippen MR) is 73.4 cm³/mol. The highest BCUT2D eigenvalue weighted by Gasteiger charge is 2.03. The van der Waals surface area contributed by atoms with Gasteiger partial charge in [0.25, 0.3) is 0 Å². The Kier molecular flexibility index (Phi) is 3.96. The molecule has 0 spiro atoms. The van der Waals surface area contributed by atoms with Crippen molar-refractivity contribution in [1.29, 1.82) is 0 Å². The van der Waals surface area contributed by atoms with E-state index in [1.807, 2.05) is 43.0 Å². The van der Waals surface area contributed by atoms with Gasteiger partial charge in [0, 0.05) is 44.6 Å². The third-order valence-corrected chi connectivity index (χ3v) is 2.48. The minimum Gasteiger partial charge on any atom is -0.394 e. The first-order chi connectivity index (χ1) is 8.85. The second-order valence-corrected chi connectivity index (χ2v) is 3.80. The Morgan fingerprint density at radius 2 is 2.11 bits per heavy atom. The molecule has 2 aromatic rings. The van der Waals surface area contributed by atoms with Gasteiger partial charge in [-0.2, -0.15) is 0 Å². The van der Waals surface area contributed by atoms with Crippen LogP contribution in [0.15, 0.2) is 48.7 Å². The molecular weight excluding hydrogens is 226 g/mol. The first-order valence-corrected chi connectivity index (χ1v) is 5.85. The van der Waals surface area contributed by atoms with Crippen molar-refractivity contribution < 1.29 is 0 Å². The molecule has 2 rings (SSSR count). The second kappa shape index (κ2) is 5.86. The molecule has 0 unspecified atom stereocenters. The highest BCUT2D eigenvalue weighted by Crippen LogP contribution is 2.11. The van der Waals surface area contributed by atoms with E-state index in [1.54, 1.807) is 12.4 Å². The van der Waals surface area contributed by atoms with E-state index >= 15 is 0 Å². The first kappa shape index (κ1) is 12.2. The lowest BCUT2D eigenvalue weighted by Gasteiger charge is -2.07. The average molecular weight is 243 g/mol. The van der Waals surface area contributed by atoms with Gasteiger partial charge in [-0.3, -0.25) is 0 Å². The number of fused-ring (bicyclic) bond motifs is 1. The van der Waals surface area contributed by atoms with Gasteiger partial charge in [-0.25, -0.2) is 9.97 Å². The van der Waals surface area contributed by atoms with E-state index in [1.165, 1.54) is 0 Å². The summed E-state index contributed by atoms with van der Waals surface area (Å²) in [5, 5.41) is 6.32. The summed E-state index contributed by atoms with van der Waals surface area (Å²) in [6.07, 6.45) is 13.3. The molecule has 0 aliphatic heterocycles. The van der Waals surface area contributed by atoms with Gasteiger partial charge in [0.05, 0.1) is 0 Å². The van der Waals surface area contributed by atoms with Crippen LogP contribution < -0.4 is 10.6 Å². The monoisotopic (exact) mass is 243 g/mol. The smallest absolute Gasteiger partial charge is 0.180 e. The van der Waals surface area contributed by atoms with Gasteiger partial charge < -0.3 is 15.0 Å². The van der Waals surface area contributed by atoms with E-state index < -0.39 is 0 Å². The molecule has 94 valence electrons. The van der Waals surface area contributed by atoms with Crippen molar-refractivity contribution >= 4 is 11.5 Å². The van der Waals surface area contributed by atoms with Gasteiger partial charge in [0.1, 0.15) is 0 Å². The fourth-order valence-corrected chi connectivity index (χ4v) is 1.72. The summed E-state index contributed by atoms with van der Waals surface area (Å²) < 4.78 is 1.94. The highest BCUT2D eigenvalue weighted by molar-refractivity contribution is 5.62. The standard InChI is InChI=1S/C13H17N5/c1-3-4-11(9-14-2)10-17-12-13-16-6-8-18(13)7-5-15-12/h3-9,14H,10H2,1-2H3,(H,15,17)/b4-3-,11-9+. The topological polar surface area (TPSA) is 54.2 Å². The third kappa shape index (κ3) is 2.68. The molecular formula is C13H17N5. The van der Waals surface area contributed by atoms with E-state index in [4.69, 9.17) is 0 Å². The van der Waals surface area contributed by atoms with Crippen molar-refractivity contribution in [3.8, 4) is 0 Å². The SMILES string of the molecule is C/C=C\C(=C/NC)CNc1nccn2ccnc12. The normalized spacial score (nSPS) is 12.2. The summed E-state index contributed by atoms with van der Waals surface area (Å²) in [7, 11) is 1.89. The molecule has 5 nitrogen and oxygen atoms in total. The van der Waals surface area contributed by atoms with Gasteiger partial charge >= 0.3 is 0 Å². The summed E-state index contributed by atoms with van der Waals surface area (Å²) in [4.78, 5) is 8.58. The Morgan fingerprint density at radius 3 is 2.83 bits per heavy atom. The molecule has 0 bridgehead atoms. The maximum atomic E-state index is 4.31. The number of nitrogens with zero attached hydrogens (tertiary/aromatic N) is 3. The van der Waals surface area contributed by atoms with E-state index in [-0.39, 0.29) is 0 Å². The molecule has 0 radical (unpaired) electrons. The number of hydrogen-bond acceptors (Lipinski definition) is 4. The molecule has 0 atom stereocenters. The number of hydrogen-bond donors (Lipinski definition) is 2. The maximum absolute atomic E-state index is 4.31. The Labute approximate surface area is 106 Å². The van der Waals surface area contributed by atoms with Crippen molar-refractivity contribution in [2.45, 2.75) is 6.92 Å². The minimum atomic E-state index is 0.699. The zero-order valence-corrected chi connectivity index (χ0v) is 10.6. The molecule has 0 aromatic carbocycles. The van der Waals surface area contributed by atoms with Crippen molar-refractivity contribution in [1.82, 2.24) is 19.7 Å². The van der Waals surface area contributed by atoms with Crippen LogP contribution in [0.5, 0.6) is 0 Å². The van der Waals surface area contributed by atoms with Crippen LogP contribution >= 0.6 is 0 Å². The molecule has 0 aliphatic rings. The fraction of sp³-hybridized carbons (Fsp3) is 0.231. The average Bonchev–Trinajstić information content (AvgIpc) is 2.85. The van der Waals surface area contributed by atoms with Crippen LogP contribution in [0.4, 0.5) is 5.82 Å². The largest absolute Gasteiger partial charge is 0.394 e. The lowest BCUT2D eigenvalue weighted by molar-refractivity contribution is 1.06. The summed E-state index contributed by atoms with van der Waals surface area (Å²) in [5.74, 6) is 0.786. The molecule has 2 N–H and O–H groups in total. The molecule has 18 heavy (non-hydrogen) atoms. The number of rotatable bonds is 5. The summed E-state index contributed by atoms with van der Waals surface area (Å²) in [6.45, 7) is 2.70. The molecule has 0 aliphatic carbocycles. The zero-order chi connectivity index (χ0) is 12.8. The quantitative estimate of drug-likeness (QED) is 0.787. The van der Waals surface area contributed by atoms with Gasteiger partial charge in [-0.1, -0.05) is 12.2 Å². The number of nitrogens with one attached hydrogen (secondary N) is 2. The van der Waals surface area contributed by atoms with Gasteiger partial charge in [0.2, 0.25) is 0 Å². The Hall–Kier alpha value is -2.30. The predicted octanol–water partition coefficient (Wildman–Crippen LogP) is 1.82. The summed E-state index contributed by atoms with van der Waals surface area (Å²) in [5.41, 5.74) is 1.98. The van der Waals surface area contributed by atoms with Crippen LogP contribution in [0, 0.1) is 0 Å². The van der Waals surface area contributed by atoms with Gasteiger partial charge in [0.15, 0.2) is 11.5 Å². The summed E-state index contributed by atoms with van der Waals surface area (Å²) >= 11 is 0. The Balaban J connectivity index is 2.14. The molecule has 0 saturated carbocycles. The van der Waals surface area contributed by atoms with Crippen LogP contribution in [-0.4, -0.2) is 28.0 Å². The van der Waals surface area contributed by atoms with E-state index in [0.717, 1.165) is 17.0 Å². The molecule has 0 amide bonds. The maximum Gasteiger partial charge on any atom is 0.180 e. The number of anilines is 1. The van der Waals surface area contributed by atoms with Crippen LogP contribution in [0.3, 0.4) is 0 Å². The molecule has 0 saturated heterocycles. The van der Waals surface area contributed by atoms with Crippen molar-refractivity contribution in [3.63, 3.8) is 0 Å². The Bertz CT molecular complexity index is 568. The molecule has 2 aromatic heterocycles. The Morgan fingerprint density at radius 1 is 1.33 bits per heavy atom. The number of allylic oxidation sites excluding steroid dienone is 1. The van der Waals surface area contributed by atoms with Gasteiger partial charge in [-0.15, -0.1) is 0 Å². The van der Waals surface area contributed by atoms with Crippen LogP contribution in [-0.2, 0) is 0 Å². The van der Waals surface area contributed by atoms with Crippen molar-refractivity contribution in [2.75, 3.05) is 18.9 Å². The van der Waals surface area contributed by atoms with Crippen molar-refractivity contribution in [3.05, 3.63) is 48.7 Å². The first-order valence-electron chi connectivity index (χ1n) is 5.85. The van der Waals surface area contributed by atoms with E-state index in [2.05, 4.69) is 26.7 Å². The van der Waals surface area contributed by atoms with Crippen LogP contribution in [0.25, 0.3) is 5.65 Å². The zero-order valence-electron chi connectivity index (χ0n) is 10.6. The van der Waals surface area contributed by atoms with Gasteiger partial charge in [-0.05, 0) is 12.5 Å². The minimum absolute atomic E-state index is 0.699. The fourth-order valence-electron chi connectivity index (χ4n) is 1.72. The highest BCUT2D eigenvalue weighted by atomic mass is 15.1. The third-order valence-electron chi connectivity index (χ3n) is 2.48. The second-order valence-electron chi connectivity index (χ2n) is 3.80. The molecule has 5 heteroatoms. The van der Waals surface area contributed by atoms with Crippen molar-refractivity contribution in [2.24, 2.45) is 0 Å².